The lowest BCUT2D eigenvalue weighted by Gasteiger charge is -2.37. The van der Waals surface area contributed by atoms with Crippen LogP contribution in [0.2, 0.25) is 0 Å². The first kappa shape index (κ1) is 17.3. The van der Waals surface area contributed by atoms with Crippen molar-refractivity contribution < 1.29 is 14.3 Å². The Labute approximate surface area is 163 Å². The van der Waals surface area contributed by atoms with Crippen molar-refractivity contribution in [3.8, 4) is 11.4 Å². The van der Waals surface area contributed by atoms with Gasteiger partial charge in [-0.1, -0.05) is 24.3 Å². The topological polar surface area (TPSA) is 64.6 Å². The molecule has 5 rings (SSSR count). The number of carbonyl (C=O) groups excluding carboxylic acids is 1. The van der Waals surface area contributed by atoms with Crippen molar-refractivity contribution in [3.05, 3.63) is 60.3 Å². The van der Waals surface area contributed by atoms with Gasteiger partial charge in [0, 0.05) is 37.5 Å². The van der Waals surface area contributed by atoms with Crippen LogP contribution in [0.3, 0.4) is 0 Å². The van der Waals surface area contributed by atoms with Gasteiger partial charge >= 0.3 is 0 Å². The number of benzene rings is 1. The largest absolute Gasteiger partial charge is 0.347 e. The van der Waals surface area contributed by atoms with Crippen molar-refractivity contribution in [1.29, 1.82) is 0 Å². The first-order valence-electron chi connectivity index (χ1n) is 9.63. The Bertz CT molecular complexity index is 1010. The summed E-state index contributed by atoms with van der Waals surface area (Å²) in [6.07, 6.45) is 3.14. The fourth-order valence-electron chi connectivity index (χ4n) is 4.00. The van der Waals surface area contributed by atoms with Gasteiger partial charge in [-0.3, -0.25) is 9.78 Å². The number of ether oxygens (including phenoxy) is 2. The van der Waals surface area contributed by atoms with E-state index in [4.69, 9.17) is 14.5 Å². The van der Waals surface area contributed by atoms with Gasteiger partial charge in [-0.25, -0.2) is 4.98 Å². The van der Waals surface area contributed by atoms with E-state index in [0.717, 1.165) is 16.6 Å². The van der Waals surface area contributed by atoms with Crippen LogP contribution in [-0.4, -0.2) is 52.9 Å². The number of piperidine rings is 1. The number of fused-ring (bicyclic) bond motifs is 1. The van der Waals surface area contributed by atoms with Crippen LogP contribution in [0.25, 0.3) is 22.3 Å². The highest BCUT2D eigenvalue weighted by Crippen LogP contribution is 2.32. The number of amides is 1. The molecule has 2 fully saturated rings. The average Bonchev–Trinajstić information content (AvgIpc) is 3.21. The van der Waals surface area contributed by atoms with E-state index in [1.165, 1.54) is 0 Å². The molecule has 2 aromatic heterocycles. The molecule has 1 amide bonds. The van der Waals surface area contributed by atoms with E-state index >= 15 is 0 Å². The van der Waals surface area contributed by atoms with E-state index in [1.807, 2.05) is 53.4 Å². The van der Waals surface area contributed by atoms with E-state index in [9.17, 15) is 4.79 Å². The summed E-state index contributed by atoms with van der Waals surface area (Å²) in [5.41, 5.74) is 2.92. The summed E-state index contributed by atoms with van der Waals surface area (Å²) in [7, 11) is 0. The zero-order valence-electron chi connectivity index (χ0n) is 15.5. The van der Waals surface area contributed by atoms with Gasteiger partial charge in [-0.05, 0) is 24.3 Å². The second-order valence-corrected chi connectivity index (χ2v) is 7.19. The number of aromatic nitrogens is 2. The van der Waals surface area contributed by atoms with Crippen LogP contribution in [0.1, 0.15) is 23.2 Å². The molecule has 6 nitrogen and oxygen atoms in total. The number of likely N-dealkylation sites (tertiary alicyclic amines) is 1. The highest BCUT2D eigenvalue weighted by atomic mass is 16.7. The van der Waals surface area contributed by atoms with Crippen LogP contribution >= 0.6 is 0 Å². The van der Waals surface area contributed by atoms with Crippen LogP contribution in [0.4, 0.5) is 0 Å². The first-order valence-corrected chi connectivity index (χ1v) is 9.63. The number of hydrogen-bond acceptors (Lipinski definition) is 5. The average molecular weight is 375 g/mol. The minimum absolute atomic E-state index is 0.0172. The van der Waals surface area contributed by atoms with Gasteiger partial charge in [0.2, 0.25) is 0 Å². The lowest BCUT2D eigenvalue weighted by molar-refractivity contribution is -0.181. The minimum Gasteiger partial charge on any atom is -0.347 e. The van der Waals surface area contributed by atoms with Gasteiger partial charge in [-0.15, -0.1) is 0 Å². The molecule has 6 heteroatoms. The molecule has 3 aromatic rings. The SMILES string of the molecule is O=C(c1cc(-c2ccccn2)nc2ccccc12)N1CCC2(CC1)OCCO2. The van der Waals surface area contributed by atoms with E-state index < -0.39 is 5.79 Å². The van der Waals surface area contributed by atoms with Crippen LogP contribution in [0.5, 0.6) is 0 Å². The Hall–Kier alpha value is -2.83. The lowest BCUT2D eigenvalue weighted by atomic mass is 10.0. The lowest BCUT2D eigenvalue weighted by Crippen LogP contribution is -2.47. The number of pyridine rings is 2. The van der Waals surface area contributed by atoms with E-state index in [-0.39, 0.29) is 5.91 Å². The molecule has 2 aliphatic heterocycles. The van der Waals surface area contributed by atoms with E-state index in [1.54, 1.807) is 6.20 Å². The molecule has 0 bridgehead atoms. The number of carbonyl (C=O) groups is 1. The van der Waals surface area contributed by atoms with Crippen molar-refractivity contribution >= 4 is 16.8 Å². The molecule has 142 valence electrons. The van der Waals surface area contributed by atoms with Crippen molar-refractivity contribution in [3.63, 3.8) is 0 Å². The van der Waals surface area contributed by atoms with Crippen LogP contribution in [0.15, 0.2) is 54.7 Å². The molecule has 0 aliphatic carbocycles. The number of hydrogen-bond donors (Lipinski definition) is 0. The maximum Gasteiger partial charge on any atom is 0.254 e. The molecule has 0 N–H and O–H groups in total. The van der Waals surface area contributed by atoms with Crippen molar-refractivity contribution in [1.82, 2.24) is 14.9 Å². The summed E-state index contributed by atoms with van der Waals surface area (Å²) in [5, 5.41) is 0.862. The maximum absolute atomic E-state index is 13.4. The van der Waals surface area contributed by atoms with Crippen LogP contribution in [-0.2, 0) is 9.47 Å². The molecule has 28 heavy (non-hydrogen) atoms. The van der Waals surface area contributed by atoms with Crippen molar-refractivity contribution in [2.75, 3.05) is 26.3 Å². The summed E-state index contributed by atoms with van der Waals surface area (Å²) in [6, 6.07) is 15.3. The van der Waals surface area contributed by atoms with Gasteiger partial charge in [0.05, 0.1) is 35.7 Å². The predicted octanol–water partition coefficient (Wildman–Crippen LogP) is 3.28. The van der Waals surface area contributed by atoms with Crippen LogP contribution < -0.4 is 0 Å². The number of rotatable bonds is 2. The van der Waals surface area contributed by atoms with Crippen LogP contribution in [0, 0.1) is 0 Å². The van der Waals surface area contributed by atoms with Gasteiger partial charge in [0.1, 0.15) is 0 Å². The minimum atomic E-state index is -0.490. The number of para-hydroxylation sites is 1. The maximum atomic E-state index is 13.4. The van der Waals surface area contributed by atoms with Crippen molar-refractivity contribution in [2.45, 2.75) is 18.6 Å². The standard InChI is InChI=1S/C22H21N3O3/c26-21(25-11-8-22(9-12-25)27-13-14-28-22)17-15-20(19-7-3-4-10-23-19)24-18-6-2-1-5-16(17)18/h1-7,10,15H,8-9,11-14H2. The molecule has 0 unspecified atom stereocenters. The molecular weight excluding hydrogens is 354 g/mol. The molecule has 2 saturated heterocycles. The molecule has 0 saturated carbocycles. The third kappa shape index (κ3) is 3.04. The molecule has 0 atom stereocenters. The summed E-state index contributed by atoms with van der Waals surface area (Å²) in [6.45, 7) is 2.51. The molecule has 1 spiro atoms. The molecular formula is C22H21N3O3. The second-order valence-electron chi connectivity index (χ2n) is 7.19. The van der Waals surface area contributed by atoms with E-state index in [0.29, 0.717) is 50.4 Å². The Balaban J connectivity index is 1.50. The predicted molar refractivity (Wildman–Crippen MR) is 105 cm³/mol. The van der Waals surface area contributed by atoms with Crippen molar-refractivity contribution in [2.24, 2.45) is 0 Å². The summed E-state index contributed by atoms with van der Waals surface area (Å²) in [4.78, 5) is 24.4. The zero-order valence-corrected chi connectivity index (χ0v) is 15.5. The van der Waals surface area contributed by atoms with E-state index in [2.05, 4.69) is 4.98 Å². The quantitative estimate of drug-likeness (QED) is 0.688. The molecule has 1 aromatic carbocycles. The second kappa shape index (κ2) is 6.96. The molecule has 0 radical (unpaired) electrons. The van der Waals surface area contributed by atoms with Gasteiger partial charge in [0.15, 0.2) is 5.79 Å². The Morgan fingerprint density at radius 1 is 0.964 bits per heavy atom. The normalized spacial score (nSPS) is 18.6. The fraction of sp³-hybridized carbons (Fsp3) is 0.318. The zero-order chi connectivity index (χ0) is 19.0. The fourth-order valence-corrected chi connectivity index (χ4v) is 4.00. The Morgan fingerprint density at radius 3 is 2.46 bits per heavy atom. The monoisotopic (exact) mass is 375 g/mol. The smallest absolute Gasteiger partial charge is 0.254 e. The van der Waals surface area contributed by atoms with Gasteiger partial charge in [0.25, 0.3) is 5.91 Å². The third-order valence-corrected chi connectivity index (χ3v) is 5.50. The summed E-state index contributed by atoms with van der Waals surface area (Å²) in [5.74, 6) is -0.473. The van der Waals surface area contributed by atoms with Gasteiger partial charge < -0.3 is 14.4 Å². The Kier molecular flexibility index (Phi) is 4.30. The first-order chi connectivity index (χ1) is 13.7. The highest BCUT2D eigenvalue weighted by molar-refractivity contribution is 6.07. The number of nitrogens with zero attached hydrogens (tertiary/aromatic N) is 3. The molecule has 2 aliphatic rings. The molecule has 4 heterocycles. The highest BCUT2D eigenvalue weighted by Gasteiger charge is 2.41. The van der Waals surface area contributed by atoms with Gasteiger partial charge in [-0.2, -0.15) is 0 Å². The Morgan fingerprint density at radius 2 is 1.71 bits per heavy atom. The summed E-state index contributed by atoms with van der Waals surface area (Å²) < 4.78 is 11.6. The third-order valence-electron chi connectivity index (χ3n) is 5.50. The summed E-state index contributed by atoms with van der Waals surface area (Å²) >= 11 is 0.